The van der Waals surface area contributed by atoms with Crippen molar-refractivity contribution in [1.29, 1.82) is 0 Å². The van der Waals surface area contributed by atoms with Crippen LogP contribution < -0.4 is 5.32 Å². The third-order valence-corrected chi connectivity index (χ3v) is 5.59. The molecule has 150 valence electrons. The number of imide groups is 1. The molecule has 0 bridgehead atoms. The predicted octanol–water partition coefficient (Wildman–Crippen LogP) is 2.21. The van der Waals surface area contributed by atoms with E-state index < -0.39 is 25.0 Å². The molecule has 0 radical (unpaired) electrons. The number of amides is 3. The molecule has 1 N–H and O–H groups in total. The van der Waals surface area contributed by atoms with Crippen LogP contribution in [-0.4, -0.2) is 41.7 Å². The average molecular weight is 386 g/mol. The second-order valence-electron chi connectivity index (χ2n) is 7.43. The van der Waals surface area contributed by atoms with Crippen LogP contribution in [0, 0.1) is 18.8 Å². The van der Waals surface area contributed by atoms with Crippen molar-refractivity contribution in [3.63, 3.8) is 0 Å². The monoisotopic (exact) mass is 386 g/mol. The molecule has 7 nitrogen and oxygen atoms in total. The molecular formula is C21H26N2O5. The first-order chi connectivity index (χ1) is 13.4. The number of carbonyl (C=O) groups excluding carboxylic acids is 4. The zero-order valence-electron chi connectivity index (χ0n) is 16.3. The first-order valence-corrected chi connectivity index (χ1v) is 9.81. The van der Waals surface area contributed by atoms with E-state index in [1.54, 1.807) is 0 Å². The number of benzene rings is 1. The molecule has 1 saturated heterocycles. The van der Waals surface area contributed by atoms with Gasteiger partial charge in [0.25, 0.3) is 5.91 Å². The number of rotatable bonds is 6. The number of para-hydroxylation sites is 1. The number of ether oxygens (including phenoxy) is 1. The number of esters is 1. The first-order valence-electron chi connectivity index (χ1n) is 9.81. The number of hydrogen-bond donors (Lipinski definition) is 1. The first kappa shape index (κ1) is 20.0. The number of aryl methyl sites for hydroxylation is 2. The third-order valence-electron chi connectivity index (χ3n) is 5.59. The molecule has 2 aliphatic rings. The lowest BCUT2D eigenvalue weighted by molar-refractivity contribution is -0.154. The summed E-state index contributed by atoms with van der Waals surface area (Å²) in [7, 11) is 0. The molecule has 1 saturated carbocycles. The molecule has 3 amide bonds. The van der Waals surface area contributed by atoms with Crippen LogP contribution in [0.2, 0.25) is 0 Å². The molecule has 0 spiro atoms. The van der Waals surface area contributed by atoms with Crippen molar-refractivity contribution in [2.75, 3.05) is 18.5 Å². The number of hydrogen-bond acceptors (Lipinski definition) is 5. The standard InChI is InChI=1S/C21H26N2O5/c1-3-14-8-6-7-13(2)19(14)22-17(24)12-28-18(25)11-23-20(26)15-9-4-5-10-16(15)21(23)27/h6-8,15-16H,3-5,9-12H2,1-2H3,(H,22,24). The lowest BCUT2D eigenvalue weighted by atomic mass is 9.81. The van der Waals surface area contributed by atoms with Gasteiger partial charge in [0.1, 0.15) is 6.54 Å². The highest BCUT2D eigenvalue weighted by molar-refractivity contribution is 6.07. The van der Waals surface area contributed by atoms with Crippen molar-refractivity contribution in [2.24, 2.45) is 11.8 Å². The summed E-state index contributed by atoms with van der Waals surface area (Å²) in [4.78, 5) is 50.0. The Kier molecular flexibility index (Phi) is 6.11. The van der Waals surface area contributed by atoms with Gasteiger partial charge in [0.05, 0.1) is 11.8 Å². The van der Waals surface area contributed by atoms with E-state index in [1.165, 1.54) is 0 Å². The van der Waals surface area contributed by atoms with E-state index in [9.17, 15) is 19.2 Å². The molecule has 2 fully saturated rings. The minimum Gasteiger partial charge on any atom is -0.454 e. The van der Waals surface area contributed by atoms with Crippen molar-refractivity contribution in [1.82, 2.24) is 4.90 Å². The van der Waals surface area contributed by atoms with Crippen molar-refractivity contribution in [2.45, 2.75) is 46.0 Å². The molecule has 2 atom stereocenters. The normalized spacial score (nSPS) is 21.4. The van der Waals surface area contributed by atoms with Gasteiger partial charge in [-0.3, -0.25) is 24.1 Å². The van der Waals surface area contributed by atoms with Gasteiger partial charge in [-0.1, -0.05) is 38.0 Å². The van der Waals surface area contributed by atoms with Gasteiger partial charge < -0.3 is 10.1 Å². The summed E-state index contributed by atoms with van der Waals surface area (Å²) in [5.41, 5.74) is 2.64. The highest BCUT2D eigenvalue weighted by Gasteiger charge is 2.48. The van der Waals surface area contributed by atoms with Crippen LogP contribution in [0.1, 0.15) is 43.7 Å². The van der Waals surface area contributed by atoms with Crippen LogP contribution in [0.3, 0.4) is 0 Å². The fourth-order valence-electron chi connectivity index (χ4n) is 4.09. The maximum absolute atomic E-state index is 12.4. The van der Waals surface area contributed by atoms with Gasteiger partial charge in [-0.05, 0) is 37.3 Å². The highest BCUT2D eigenvalue weighted by Crippen LogP contribution is 2.37. The van der Waals surface area contributed by atoms with Gasteiger partial charge in [-0.25, -0.2) is 0 Å². The molecule has 7 heteroatoms. The molecule has 28 heavy (non-hydrogen) atoms. The smallest absolute Gasteiger partial charge is 0.326 e. The topological polar surface area (TPSA) is 92.8 Å². The van der Waals surface area contributed by atoms with E-state index in [0.717, 1.165) is 41.0 Å². The number of nitrogens with zero attached hydrogens (tertiary/aromatic N) is 1. The molecule has 1 aliphatic carbocycles. The van der Waals surface area contributed by atoms with Gasteiger partial charge in [0.15, 0.2) is 6.61 Å². The Hall–Kier alpha value is -2.70. The van der Waals surface area contributed by atoms with Gasteiger partial charge in [-0.15, -0.1) is 0 Å². The Morgan fingerprint density at radius 2 is 1.79 bits per heavy atom. The van der Waals surface area contributed by atoms with Crippen molar-refractivity contribution in [3.05, 3.63) is 29.3 Å². The van der Waals surface area contributed by atoms with Crippen molar-refractivity contribution in [3.8, 4) is 0 Å². The van der Waals surface area contributed by atoms with E-state index in [1.807, 2.05) is 32.0 Å². The summed E-state index contributed by atoms with van der Waals surface area (Å²) in [5, 5.41) is 2.77. The van der Waals surface area contributed by atoms with E-state index in [2.05, 4.69) is 5.32 Å². The summed E-state index contributed by atoms with van der Waals surface area (Å²) < 4.78 is 5.00. The molecule has 1 aromatic rings. The number of anilines is 1. The summed E-state index contributed by atoms with van der Waals surface area (Å²) in [6.07, 6.45) is 4.01. The predicted molar refractivity (Wildman–Crippen MR) is 102 cm³/mol. The summed E-state index contributed by atoms with van der Waals surface area (Å²) >= 11 is 0. The minimum atomic E-state index is -0.754. The van der Waals surface area contributed by atoms with Crippen LogP contribution in [-0.2, 0) is 30.3 Å². The van der Waals surface area contributed by atoms with E-state index in [4.69, 9.17) is 4.74 Å². The highest BCUT2D eigenvalue weighted by atomic mass is 16.5. The second kappa shape index (κ2) is 8.54. The van der Waals surface area contributed by atoms with Gasteiger partial charge in [0.2, 0.25) is 11.8 Å². The molecular weight excluding hydrogens is 360 g/mol. The van der Waals surface area contributed by atoms with Crippen molar-refractivity contribution < 1.29 is 23.9 Å². The van der Waals surface area contributed by atoms with E-state index in [0.29, 0.717) is 12.8 Å². The van der Waals surface area contributed by atoms with Gasteiger partial charge in [-0.2, -0.15) is 0 Å². The van der Waals surface area contributed by atoms with Crippen molar-refractivity contribution >= 4 is 29.4 Å². The fourth-order valence-corrected chi connectivity index (χ4v) is 4.09. The Bertz CT molecular complexity index is 780. The Balaban J connectivity index is 1.53. The van der Waals surface area contributed by atoms with Crippen LogP contribution >= 0.6 is 0 Å². The van der Waals surface area contributed by atoms with Gasteiger partial charge >= 0.3 is 5.97 Å². The van der Waals surface area contributed by atoms with E-state index in [-0.39, 0.29) is 23.7 Å². The Morgan fingerprint density at radius 3 is 2.39 bits per heavy atom. The maximum atomic E-state index is 12.4. The fraction of sp³-hybridized carbons (Fsp3) is 0.524. The lowest BCUT2D eigenvalue weighted by Crippen LogP contribution is -2.37. The summed E-state index contributed by atoms with van der Waals surface area (Å²) in [6, 6.07) is 5.75. The second-order valence-corrected chi connectivity index (χ2v) is 7.43. The number of fused-ring (bicyclic) bond motifs is 1. The van der Waals surface area contributed by atoms with Crippen LogP contribution in [0.25, 0.3) is 0 Å². The molecule has 1 aromatic carbocycles. The van der Waals surface area contributed by atoms with E-state index >= 15 is 0 Å². The number of carbonyl (C=O) groups is 4. The number of nitrogens with one attached hydrogen (secondary N) is 1. The minimum absolute atomic E-state index is 0.288. The number of likely N-dealkylation sites (tertiary alicyclic amines) is 1. The SMILES string of the molecule is CCc1cccc(C)c1NC(=O)COC(=O)CN1C(=O)C2CCCCC2C1=O. The Labute approximate surface area is 164 Å². The van der Waals surface area contributed by atoms with Gasteiger partial charge in [0, 0.05) is 5.69 Å². The largest absolute Gasteiger partial charge is 0.454 e. The average Bonchev–Trinajstić information content (AvgIpc) is 2.93. The molecule has 2 unspecified atom stereocenters. The van der Waals surface area contributed by atoms with Crippen LogP contribution in [0.5, 0.6) is 0 Å². The zero-order chi connectivity index (χ0) is 20.3. The molecule has 1 aliphatic heterocycles. The molecule has 0 aromatic heterocycles. The quantitative estimate of drug-likeness (QED) is 0.598. The Morgan fingerprint density at radius 1 is 1.14 bits per heavy atom. The van der Waals surface area contributed by atoms with Crippen LogP contribution in [0.4, 0.5) is 5.69 Å². The summed E-state index contributed by atoms with van der Waals surface area (Å²) in [6.45, 7) is 3.00. The molecule has 1 heterocycles. The maximum Gasteiger partial charge on any atom is 0.326 e. The molecule has 3 rings (SSSR count). The third kappa shape index (κ3) is 4.08. The lowest BCUT2D eigenvalue weighted by Gasteiger charge is -2.19. The zero-order valence-corrected chi connectivity index (χ0v) is 16.3. The van der Waals surface area contributed by atoms with Crippen LogP contribution in [0.15, 0.2) is 18.2 Å². The summed E-state index contributed by atoms with van der Waals surface area (Å²) in [5.74, 6) is -2.38.